The maximum atomic E-state index is 13.1. The highest BCUT2D eigenvalue weighted by Crippen LogP contribution is 2.50. The molecule has 0 radical (unpaired) electrons. The van der Waals surface area contributed by atoms with Gasteiger partial charge in [0.25, 0.3) is 5.91 Å². The average molecular weight is 476 g/mol. The first-order valence-electron chi connectivity index (χ1n) is 11.9. The largest absolute Gasteiger partial charge is 0.378 e. The quantitative estimate of drug-likeness (QED) is 0.638. The number of carbonyl (C=O) groups is 1. The van der Waals surface area contributed by atoms with Gasteiger partial charge in [-0.05, 0) is 67.0 Å². The van der Waals surface area contributed by atoms with Crippen molar-refractivity contribution >= 4 is 28.9 Å². The lowest BCUT2D eigenvalue weighted by atomic mass is 9.90. The van der Waals surface area contributed by atoms with Crippen LogP contribution in [0.15, 0.2) is 71.4 Å². The van der Waals surface area contributed by atoms with Crippen molar-refractivity contribution in [3.8, 4) is 0 Å². The standard InChI is InChI=1S/C28H30ClN3O2/c1-18(2)19-6-3-8-22(14-19)28(11-12-28)27-30-16-21-17-32(13-5-10-24(21)31-27)26(34)25(33)20-7-4-9-23(29)15-20/h3-4,6-9,14-15,25,33H,1,5,10-13,16-17H2,2H3,(H,30,31)/t25-/m1/s1. The number of nitrogens with one attached hydrogen (secondary N) is 1. The Bertz CT molecular complexity index is 1210. The number of amidine groups is 1. The Morgan fingerprint density at radius 1 is 1.24 bits per heavy atom. The second-order valence-electron chi connectivity index (χ2n) is 9.64. The number of allylic oxidation sites excluding steroid dienone is 2. The molecular weight excluding hydrogens is 446 g/mol. The summed E-state index contributed by atoms with van der Waals surface area (Å²) >= 11 is 6.05. The number of halogens is 1. The van der Waals surface area contributed by atoms with Crippen LogP contribution in [-0.4, -0.2) is 41.4 Å². The van der Waals surface area contributed by atoms with E-state index in [2.05, 4.69) is 36.2 Å². The van der Waals surface area contributed by atoms with Crippen molar-refractivity contribution in [2.24, 2.45) is 4.99 Å². The first-order valence-corrected chi connectivity index (χ1v) is 12.3. The van der Waals surface area contributed by atoms with Crippen molar-refractivity contribution in [1.82, 2.24) is 10.2 Å². The maximum Gasteiger partial charge on any atom is 0.256 e. The number of rotatable bonds is 5. The van der Waals surface area contributed by atoms with Gasteiger partial charge in [0.1, 0.15) is 5.84 Å². The van der Waals surface area contributed by atoms with Gasteiger partial charge < -0.3 is 15.3 Å². The van der Waals surface area contributed by atoms with Crippen LogP contribution < -0.4 is 5.32 Å². The summed E-state index contributed by atoms with van der Waals surface area (Å²) in [5.74, 6) is 0.755. The van der Waals surface area contributed by atoms with E-state index in [0.717, 1.165) is 42.7 Å². The van der Waals surface area contributed by atoms with E-state index in [1.165, 1.54) is 16.8 Å². The minimum Gasteiger partial charge on any atom is -0.378 e. The number of nitrogens with zero attached hydrogens (tertiary/aromatic N) is 2. The number of aliphatic hydroxyl groups is 1. The second kappa shape index (κ2) is 9.05. The molecule has 0 spiro atoms. The SMILES string of the molecule is C=C(C)c1cccc(C2(C3=NCC4=C(CCCN(C(=O)[C@H](O)c5cccc(Cl)c5)C4)N3)CC2)c1. The zero-order valence-electron chi connectivity index (χ0n) is 19.5. The highest BCUT2D eigenvalue weighted by molar-refractivity contribution is 6.30. The predicted molar refractivity (Wildman–Crippen MR) is 137 cm³/mol. The Balaban J connectivity index is 1.32. The molecule has 1 amide bonds. The van der Waals surface area contributed by atoms with E-state index in [4.69, 9.17) is 16.6 Å². The van der Waals surface area contributed by atoms with Crippen molar-refractivity contribution in [2.45, 2.75) is 44.1 Å². The zero-order valence-corrected chi connectivity index (χ0v) is 20.2. The molecule has 0 saturated heterocycles. The fraction of sp³-hybridized carbons (Fsp3) is 0.357. The third-order valence-corrected chi connectivity index (χ3v) is 7.42. The molecular formula is C28H30ClN3O2. The van der Waals surface area contributed by atoms with E-state index in [0.29, 0.717) is 30.2 Å². The molecule has 2 aromatic carbocycles. The van der Waals surface area contributed by atoms with Gasteiger partial charge in [0, 0.05) is 23.8 Å². The fourth-order valence-corrected chi connectivity index (χ4v) is 5.20. The molecule has 1 aliphatic carbocycles. The van der Waals surface area contributed by atoms with Crippen LogP contribution in [0.1, 0.15) is 55.4 Å². The van der Waals surface area contributed by atoms with Crippen LogP contribution in [0.3, 0.4) is 0 Å². The number of aliphatic hydroxyl groups excluding tert-OH is 1. The molecule has 2 aliphatic heterocycles. The number of benzene rings is 2. The van der Waals surface area contributed by atoms with Crippen LogP contribution in [0.2, 0.25) is 5.02 Å². The Kier molecular flexibility index (Phi) is 6.09. The molecule has 2 aromatic rings. The summed E-state index contributed by atoms with van der Waals surface area (Å²) < 4.78 is 0. The smallest absolute Gasteiger partial charge is 0.256 e. The summed E-state index contributed by atoms with van der Waals surface area (Å²) in [6, 6.07) is 15.5. The molecule has 3 aliphatic rings. The van der Waals surface area contributed by atoms with Gasteiger partial charge in [0.05, 0.1) is 12.0 Å². The summed E-state index contributed by atoms with van der Waals surface area (Å²) in [5, 5.41) is 14.9. The van der Waals surface area contributed by atoms with Crippen LogP contribution >= 0.6 is 11.6 Å². The molecule has 34 heavy (non-hydrogen) atoms. The molecule has 0 unspecified atom stereocenters. The number of carbonyl (C=O) groups excluding carboxylic acids is 1. The van der Waals surface area contributed by atoms with E-state index < -0.39 is 6.10 Å². The first kappa shape index (κ1) is 22.9. The molecule has 1 saturated carbocycles. The van der Waals surface area contributed by atoms with Crippen molar-refractivity contribution in [2.75, 3.05) is 19.6 Å². The lowest BCUT2D eigenvalue weighted by Gasteiger charge is -2.29. The summed E-state index contributed by atoms with van der Waals surface area (Å²) in [7, 11) is 0. The van der Waals surface area contributed by atoms with Crippen LogP contribution in [0.5, 0.6) is 0 Å². The predicted octanol–water partition coefficient (Wildman–Crippen LogP) is 5.02. The summed E-state index contributed by atoms with van der Waals surface area (Å²) in [5.41, 5.74) is 6.30. The van der Waals surface area contributed by atoms with Gasteiger partial charge in [-0.15, -0.1) is 0 Å². The maximum absolute atomic E-state index is 13.1. The number of amides is 1. The molecule has 1 atom stereocenters. The van der Waals surface area contributed by atoms with Crippen molar-refractivity contribution in [1.29, 1.82) is 0 Å². The van der Waals surface area contributed by atoms with Crippen molar-refractivity contribution in [3.63, 3.8) is 0 Å². The van der Waals surface area contributed by atoms with Crippen molar-refractivity contribution in [3.05, 3.63) is 88.1 Å². The molecule has 0 aromatic heterocycles. The van der Waals surface area contributed by atoms with E-state index in [1.54, 1.807) is 29.2 Å². The summed E-state index contributed by atoms with van der Waals surface area (Å²) in [6.07, 6.45) is 2.65. The average Bonchev–Trinajstić information content (AvgIpc) is 3.67. The minimum absolute atomic E-state index is 0.0471. The van der Waals surface area contributed by atoms with E-state index >= 15 is 0 Å². The molecule has 6 heteroatoms. The van der Waals surface area contributed by atoms with Gasteiger partial charge in [-0.25, -0.2) is 0 Å². The minimum atomic E-state index is -1.22. The van der Waals surface area contributed by atoms with Crippen molar-refractivity contribution < 1.29 is 9.90 Å². The Morgan fingerprint density at radius 2 is 2.03 bits per heavy atom. The molecule has 5 nitrogen and oxygen atoms in total. The molecule has 0 bridgehead atoms. The van der Waals surface area contributed by atoms with E-state index in [1.807, 2.05) is 6.92 Å². The lowest BCUT2D eigenvalue weighted by Crippen LogP contribution is -2.40. The molecule has 1 fully saturated rings. The van der Waals surface area contributed by atoms with Gasteiger partial charge in [0.2, 0.25) is 0 Å². The van der Waals surface area contributed by atoms with Crippen LogP contribution in [0.25, 0.3) is 5.57 Å². The second-order valence-corrected chi connectivity index (χ2v) is 10.1. The Morgan fingerprint density at radius 3 is 2.76 bits per heavy atom. The number of aliphatic imine (C=N–C) groups is 1. The Hall–Kier alpha value is -2.89. The third-order valence-electron chi connectivity index (χ3n) is 7.18. The van der Waals surface area contributed by atoms with Gasteiger partial charge in [-0.2, -0.15) is 0 Å². The normalized spacial score (nSPS) is 20.0. The molecule has 2 N–H and O–H groups in total. The van der Waals surface area contributed by atoms with Crippen LogP contribution in [0, 0.1) is 0 Å². The highest BCUT2D eigenvalue weighted by Gasteiger charge is 2.50. The van der Waals surface area contributed by atoms with Crippen LogP contribution in [0.4, 0.5) is 0 Å². The summed E-state index contributed by atoms with van der Waals surface area (Å²) in [4.78, 5) is 19.8. The monoisotopic (exact) mass is 475 g/mol. The molecule has 2 heterocycles. The highest BCUT2D eigenvalue weighted by atomic mass is 35.5. The zero-order chi connectivity index (χ0) is 23.9. The number of hydrogen-bond acceptors (Lipinski definition) is 4. The fourth-order valence-electron chi connectivity index (χ4n) is 5.00. The lowest BCUT2D eigenvalue weighted by molar-refractivity contribution is -0.140. The summed E-state index contributed by atoms with van der Waals surface area (Å²) in [6.45, 7) is 7.79. The van der Waals surface area contributed by atoms with E-state index in [-0.39, 0.29) is 11.3 Å². The topological polar surface area (TPSA) is 64.9 Å². The van der Waals surface area contributed by atoms with Gasteiger partial charge in [0.15, 0.2) is 6.10 Å². The van der Waals surface area contributed by atoms with Gasteiger partial charge >= 0.3 is 0 Å². The molecule has 5 rings (SSSR count). The van der Waals surface area contributed by atoms with Gasteiger partial charge in [-0.1, -0.05) is 60.2 Å². The first-order chi connectivity index (χ1) is 16.4. The number of hydrogen-bond donors (Lipinski definition) is 2. The molecule has 176 valence electrons. The van der Waals surface area contributed by atoms with Crippen LogP contribution in [-0.2, 0) is 10.2 Å². The van der Waals surface area contributed by atoms with E-state index in [9.17, 15) is 9.90 Å². The Labute approximate surface area is 205 Å². The third kappa shape index (κ3) is 4.30. The van der Waals surface area contributed by atoms with Gasteiger partial charge in [-0.3, -0.25) is 9.79 Å².